The van der Waals surface area contributed by atoms with E-state index in [4.69, 9.17) is 37.0 Å². The fraction of sp³-hybridized carbons (Fsp3) is 0.792. The van der Waals surface area contributed by atoms with E-state index in [1.807, 2.05) is 0 Å². The van der Waals surface area contributed by atoms with Crippen molar-refractivity contribution in [3.8, 4) is 0 Å². The number of unbranched alkanes of at least 4 members (excludes halogenated alkanes) is 34. The zero-order valence-electron chi connectivity index (χ0n) is 60.8. The summed E-state index contributed by atoms with van der Waals surface area (Å²) in [6.45, 7) is 4.71. The number of carbonyl (C=O) groups is 4. The third-order valence-electron chi connectivity index (χ3n) is 16.2. The van der Waals surface area contributed by atoms with Gasteiger partial charge in [0.25, 0.3) is 0 Å². The summed E-state index contributed by atoms with van der Waals surface area (Å²) in [5.74, 6) is -2.21. The highest BCUT2D eigenvalue weighted by Crippen LogP contribution is 2.45. The predicted octanol–water partition coefficient (Wildman–Crippen LogP) is 21.7. The molecule has 0 aliphatic carbocycles. The molecule has 0 radical (unpaired) electrons. The Kier molecular flexibility index (Phi) is 67.4. The molecule has 0 spiro atoms. The molecule has 0 amide bonds. The molecule has 0 saturated heterocycles. The van der Waals surface area contributed by atoms with E-state index in [2.05, 4.69) is 101 Å². The number of ether oxygens (including phenoxy) is 4. The fourth-order valence-electron chi connectivity index (χ4n) is 10.4. The fourth-order valence-corrected chi connectivity index (χ4v) is 11.9. The van der Waals surface area contributed by atoms with Crippen LogP contribution < -0.4 is 0 Å². The van der Waals surface area contributed by atoms with Crippen molar-refractivity contribution in [2.45, 2.75) is 354 Å². The summed E-state index contributed by atoms with van der Waals surface area (Å²) in [4.78, 5) is 72.8. The highest BCUT2D eigenvalue weighted by atomic mass is 31.2. The monoisotopic (exact) mass is 1400 g/mol. The molecule has 19 heteroatoms. The number of aliphatic hydroxyl groups is 1. The minimum absolute atomic E-state index is 0.0719. The maximum absolute atomic E-state index is 13.1. The molecule has 0 aromatic heterocycles. The molecular formula is C77H138O17P2. The Bertz CT molecular complexity index is 2110. The topological polar surface area (TPSA) is 237 Å². The molecule has 0 aliphatic rings. The Balaban J connectivity index is 5.36. The highest BCUT2D eigenvalue weighted by Gasteiger charge is 2.30. The first-order valence-corrected chi connectivity index (χ1v) is 41.2. The number of phosphoric acid groups is 2. The van der Waals surface area contributed by atoms with E-state index in [0.29, 0.717) is 25.7 Å². The van der Waals surface area contributed by atoms with Gasteiger partial charge in [-0.15, -0.1) is 0 Å². The lowest BCUT2D eigenvalue weighted by Crippen LogP contribution is -2.30. The number of hydrogen-bond acceptors (Lipinski definition) is 15. The maximum Gasteiger partial charge on any atom is 0.472 e. The zero-order chi connectivity index (χ0) is 70.4. The van der Waals surface area contributed by atoms with Crippen LogP contribution in [0.1, 0.15) is 336 Å². The second-order valence-corrected chi connectivity index (χ2v) is 28.5. The number of rotatable bonds is 72. The van der Waals surface area contributed by atoms with Gasteiger partial charge >= 0.3 is 39.5 Å². The largest absolute Gasteiger partial charge is 0.472 e. The third-order valence-corrected chi connectivity index (χ3v) is 18.1. The van der Waals surface area contributed by atoms with Crippen LogP contribution in [0.15, 0.2) is 72.9 Å². The van der Waals surface area contributed by atoms with E-state index < -0.39 is 97.5 Å². The molecule has 558 valence electrons. The first kappa shape index (κ1) is 92.5. The summed E-state index contributed by atoms with van der Waals surface area (Å²) in [5.41, 5.74) is 0. The lowest BCUT2D eigenvalue weighted by Gasteiger charge is -2.21. The maximum atomic E-state index is 13.1. The van der Waals surface area contributed by atoms with Crippen molar-refractivity contribution >= 4 is 39.5 Å². The van der Waals surface area contributed by atoms with Gasteiger partial charge in [0, 0.05) is 25.7 Å². The lowest BCUT2D eigenvalue weighted by atomic mass is 10.0. The van der Waals surface area contributed by atoms with E-state index in [1.54, 1.807) is 0 Å². The molecule has 5 atom stereocenters. The van der Waals surface area contributed by atoms with Crippen molar-refractivity contribution in [1.29, 1.82) is 0 Å². The smallest absolute Gasteiger partial charge is 0.462 e. The number of hydrogen-bond donors (Lipinski definition) is 3. The van der Waals surface area contributed by atoms with Crippen LogP contribution in [0.5, 0.6) is 0 Å². The Morgan fingerprint density at radius 2 is 0.542 bits per heavy atom. The van der Waals surface area contributed by atoms with Crippen molar-refractivity contribution < 1.29 is 80.2 Å². The van der Waals surface area contributed by atoms with Crippen molar-refractivity contribution in [2.75, 3.05) is 39.6 Å². The SMILES string of the molecule is CC/C=C\C/C=C\C/C=C\C/C=C\CCCCC(=O)OCC(COP(=O)(O)OCC(O)COP(=O)(O)OCC(COC(=O)CCCCCCCCCCCCCCC)OC(=O)CCCCCCCCCCCCCCC)OC(=O)CCCCCCC/C=C\C/C=C\CCCCC. The number of allylic oxidation sites excluding steroid dienone is 12. The molecule has 0 fully saturated rings. The molecule has 96 heavy (non-hydrogen) atoms. The summed E-state index contributed by atoms with van der Waals surface area (Å²) in [6, 6.07) is 0. The van der Waals surface area contributed by atoms with Gasteiger partial charge in [0.1, 0.15) is 19.3 Å². The van der Waals surface area contributed by atoms with E-state index in [1.165, 1.54) is 128 Å². The predicted molar refractivity (Wildman–Crippen MR) is 390 cm³/mol. The van der Waals surface area contributed by atoms with E-state index >= 15 is 0 Å². The van der Waals surface area contributed by atoms with Gasteiger partial charge < -0.3 is 33.8 Å². The Morgan fingerprint density at radius 1 is 0.302 bits per heavy atom. The Labute approximate surface area is 583 Å². The second-order valence-electron chi connectivity index (χ2n) is 25.6. The molecule has 0 saturated carbocycles. The zero-order valence-corrected chi connectivity index (χ0v) is 62.6. The molecule has 0 bridgehead atoms. The van der Waals surface area contributed by atoms with Crippen LogP contribution in [-0.2, 0) is 65.4 Å². The molecular weight excluding hydrogens is 1260 g/mol. The normalized spacial score (nSPS) is 14.4. The van der Waals surface area contributed by atoms with Gasteiger partial charge in [-0.3, -0.25) is 37.3 Å². The Hall–Kier alpha value is -3.50. The van der Waals surface area contributed by atoms with Crippen molar-refractivity contribution in [2.24, 2.45) is 0 Å². The molecule has 0 aromatic carbocycles. The van der Waals surface area contributed by atoms with Crippen molar-refractivity contribution in [3.05, 3.63) is 72.9 Å². The summed E-state index contributed by atoms with van der Waals surface area (Å²) in [7, 11) is -9.95. The van der Waals surface area contributed by atoms with Crippen molar-refractivity contribution in [3.63, 3.8) is 0 Å². The van der Waals surface area contributed by atoms with Gasteiger partial charge in [-0.1, -0.05) is 287 Å². The Morgan fingerprint density at radius 3 is 0.875 bits per heavy atom. The van der Waals surface area contributed by atoms with Gasteiger partial charge in [0.15, 0.2) is 12.2 Å². The minimum atomic E-state index is -4.98. The van der Waals surface area contributed by atoms with Crippen LogP contribution in [-0.4, -0.2) is 96.7 Å². The van der Waals surface area contributed by atoms with Crippen molar-refractivity contribution in [1.82, 2.24) is 0 Å². The molecule has 5 unspecified atom stereocenters. The molecule has 0 rings (SSSR count). The van der Waals surface area contributed by atoms with Crippen LogP contribution in [0.25, 0.3) is 0 Å². The molecule has 0 aromatic rings. The number of aliphatic hydroxyl groups excluding tert-OH is 1. The average molecular weight is 1400 g/mol. The van der Waals surface area contributed by atoms with Gasteiger partial charge in [0.05, 0.1) is 26.4 Å². The summed E-state index contributed by atoms with van der Waals surface area (Å²) in [6.07, 6.45) is 68.9. The standard InChI is InChI=1S/C77H138O17P2/c1-5-9-13-17-21-25-29-33-35-39-42-46-50-54-58-62-75(80)88-68-73(94-77(82)64-60-56-52-48-44-40-36-34-30-26-22-18-14-10-6-2)70-92-96(85,86)90-66-71(78)65-89-95(83,84)91-69-72(93-76(81)63-59-55-51-47-43-38-32-28-24-20-16-12-8-4)67-87-74(79)61-57-53-49-45-41-37-31-27-23-19-15-11-7-3/h9,13,21-22,25-26,33-36,42,46,71-73,78H,5-8,10-12,14-20,23-24,27-32,37-41,43-45,47-70H2,1-4H3,(H,83,84)(H,85,86)/b13-9-,25-21-,26-22-,35-33-,36-34-,46-42-. The van der Waals surface area contributed by atoms with Gasteiger partial charge in [-0.2, -0.15) is 0 Å². The number of esters is 4. The van der Waals surface area contributed by atoms with E-state index in [9.17, 15) is 43.2 Å². The second kappa shape index (κ2) is 70.0. The molecule has 17 nitrogen and oxygen atoms in total. The molecule has 0 aliphatic heterocycles. The van der Waals surface area contributed by atoms with Crippen LogP contribution >= 0.6 is 15.6 Å². The van der Waals surface area contributed by atoms with Gasteiger partial charge in [-0.25, -0.2) is 9.13 Å². The molecule has 3 N–H and O–H groups in total. The number of carbonyl (C=O) groups excluding carboxylic acids is 4. The van der Waals surface area contributed by atoms with E-state index in [-0.39, 0.29) is 25.7 Å². The minimum Gasteiger partial charge on any atom is -0.462 e. The lowest BCUT2D eigenvalue weighted by molar-refractivity contribution is -0.161. The van der Waals surface area contributed by atoms with Crippen LogP contribution in [0, 0.1) is 0 Å². The van der Waals surface area contributed by atoms with Crippen LogP contribution in [0.3, 0.4) is 0 Å². The summed E-state index contributed by atoms with van der Waals surface area (Å²) in [5, 5.41) is 10.6. The summed E-state index contributed by atoms with van der Waals surface area (Å²) < 4.78 is 68.4. The van der Waals surface area contributed by atoms with E-state index in [0.717, 1.165) is 128 Å². The van der Waals surface area contributed by atoms with Gasteiger partial charge in [0.2, 0.25) is 0 Å². The van der Waals surface area contributed by atoms with Crippen LogP contribution in [0.4, 0.5) is 0 Å². The highest BCUT2D eigenvalue weighted by molar-refractivity contribution is 7.47. The quantitative estimate of drug-likeness (QED) is 0.0169. The molecule has 0 heterocycles. The van der Waals surface area contributed by atoms with Gasteiger partial charge in [-0.05, 0) is 96.3 Å². The average Bonchev–Trinajstić information content (AvgIpc) is 1.36. The number of phosphoric ester groups is 2. The first-order valence-electron chi connectivity index (χ1n) is 38.2. The first-order chi connectivity index (χ1) is 46.7. The third kappa shape index (κ3) is 69.0. The summed E-state index contributed by atoms with van der Waals surface area (Å²) >= 11 is 0. The van der Waals surface area contributed by atoms with Crippen LogP contribution in [0.2, 0.25) is 0 Å².